The van der Waals surface area contributed by atoms with Gasteiger partial charge in [-0.2, -0.15) is 0 Å². The Hall–Kier alpha value is -0.630. The monoisotopic (exact) mass is 284 g/mol. The van der Waals surface area contributed by atoms with Crippen LogP contribution in [-0.2, 0) is 0 Å². The Morgan fingerprint density at radius 2 is 2.33 bits per heavy atom. The second-order valence-electron chi connectivity index (χ2n) is 3.84. The fourth-order valence-electron chi connectivity index (χ4n) is 1.93. The lowest BCUT2D eigenvalue weighted by Gasteiger charge is -2.45. The molecule has 0 aromatic carbocycles. The summed E-state index contributed by atoms with van der Waals surface area (Å²) in [6, 6.07) is 0. The first-order valence-electron chi connectivity index (χ1n) is 15.5. The van der Waals surface area contributed by atoms with Crippen LogP contribution < -0.4 is 5.32 Å². The lowest BCUT2D eigenvalue weighted by atomic mass is 9.76. The summed E-state index contributed by atoms with van der Waals surface area (Å²) in [5.74, 6) is -4.09. The van der Waals surface area contributed by atoms with E-state index in [1.807, 2.05) is 0 Å². The van der Waals surface area contributed by atoms with Crippen LogP contribution in [0.4, 0.5) is 0 Å². The van der Waals surface area contributed by atoms with Crippen LogP contribution >= 0.6 is 11.4 Å². The number of allylic oxidation sites excluding steroid dienone is 4. The standard InChI is InChI=1S/C16H25NS/c1-2-6-12-11(5-1)9-10-15-16(12)17-13-7-3-4-8-14(13)18-15/h3-4,7,11,14-15,17H,1-2,5-6,8-10H2,18H4/i1D2,2D2,5D2,6D2,8D2,9D2,10D2,11D,14D,15D,18D4. The Kier molecular flexibility index (Phi) is 0.677. The smallest absolute Gasteiger partial charge is 0.0609 e. The second kappa shape index (κ2) is 4.48. The third-order valence-corrected chi connectivity index (χ3v) is 3.80. The highest BCUT2D eigenvalue weighted by Crippen LogP contribution is 2.47. The maximum atomic E-state index is 9.14. The highest BCUT2D eigenvalue weighted by molar-refractivity contribution is 8.01. The van der Waals surface area contributed by atoms with E-state index in [0.717, 1.165) is 12.2 Å². The molecule has 3 aliphatic carbocycles. The molecule has 0 radical (unpaired) electrons. The molecule has 3 unspecified atom stereocenters. The van der Waals surface area contributed by atoms with Crippen molar-refractivity contribution in [3.63, 3.8) is 0 Å². The molecule has 2 fully saturated rings. The van der Waals surface area contributed by atoms with Crippen molar-refractivity contribution in [2.24, 2.45) is 5.89 Å². The molecule has 0 spiro atoms. The SMILES string of the molecule is [2H]C1([2H])C=CC=C2NC3=C4C([2H])([2H])C([2H])([2H])C([2H])([2H])C([2H])([2H])C4([2H])C([2H])([2H])C([2H])([2H])C3([2H])S([2H])([2H])([2H])([2H])C21[2H]. The van der Waals surface area contributed by atoms with Gasteiger partial charge in [0.1, 0.15) is 0 Å². The molecule has 1 heterocycles. The van der Waals surface area contributed by atoms with Gasteiger partial charge in [0.2, 0.25) is 0 Å². The quantitative estimate of drug-likeness (QED) is 0.721. The van der Waals surface area contributed by atoms with Crippen molar-refractivity contribution in [1.29, 1.82) is 4.50 Å². The topological polar surface area (TPSA) is 12.0 Å². The number of hydrogen-bond donors (Lipinski definition) is 1. The van der Waals surface area contributed by atoms with Gasteiger partial charge in [0, 0.05) is 45.1 Å². The maximum absolute atomic E-state index is 9.14. The maximum Gasteiger partial charge on any atom is 0.0609 e. The molecule has 18 heavy (non-hydrogen) atoms. The summed E-state index contributed by atoms with van der Waals surface area (Å²) in [6.45, 7) is 0. The lowest BCUT2D eigenvalue weighted by molar-refractivity contribution is 0.387. The van der Waals surface area contributed by atoms with E-state index in [0.29, 0.717) is 6.08 Å². The van der Waals surface area contributed by atoms with E-state index in [1.165, 1.54) is 0 Å². The van der Waals surface area contributed by atoms with E-state index < -0.39 is 89.3 Å². The molecule has 0 bridgehead atoms. The average molecular weight is 285 g/mol. The summed E-state index contributed by atoms with van der Waals surface area (Å²) in [7, 11) is 0. The highest BCUT2D eigenvalue weighted by Gasteiger charge is 2.35. The van der Waals surface area contributed by atoms with Crippen LogP contribution in [0.1, 0.15) is 67.9 Å². The van der Waals surface area contributed by atoms with Gasteiger partial charge in [-0.1, -0.05) is 18.5 Å². The van der Waals surface area contributed by atoms with Gasteiger partial charge in [-0.25, -0.2) is 0 Å². The summed E-state index contributed by atoms with van der Waals surface area (Å²) in [5, 5.41) is -6.20. The van der Waals surface area contributed by atoms with Crippen molar-refractivity contribution in [2.75, 3.05) is 0 Å². The first kappa shape index (κ1) is 2.72. The lowest BCUT2D eigenvalue weighted by Crippen LogP contribution is -2.39. The number of nitrogens with one attached hydrogen (secondary N) is 1. The van der Waals surface area contributed by atoms with Crippen LogP contribution in [-0.4, -0.2) is 14.9 Å². The van der Waals surface area contributed by atoms with Crippen LogP contribution in [0.2, 0.25) is 0 Å². The summed E-state index contributed by atoms with van der Waals surface area (Å²) in [6.07, 6.45) is -26.0. The van der Waals surface area contributed by atoms with Gasteiger partial charge >= 0.3 is 0 Å². The molecular formula is C16H25NS. The third kappa shape index (κ3) is 1.77. The van der Waals surface area contributed by atoms with Gasteiger partial charge in [0.25, 0.3) is 0 Å². The predicted molar refractivity (Wildman–Crippen MR) is 83.9 cm³/mol. The molecular weight excluding hydrogens is 238 g/mol. The van der Waals surface area contributed by atoms with Crippen LogP contribution in [0.5, 0.6) is 0 Å². The highest BCUT2D eigenvalue weighted by atomic mass is 32.2. The zero-order valence-electron chi connectivity index (χ0n) is 30.1. The molecule has 1 saturated heterocycles. The molecule has 2 heteroatoms. The summed E-state index contributed by atoms with van der Waals surface area (Å²) >= 11 is -8.31. The summed E-state index contributed by atoms with van der Waals surface area (Å²) < 4.78 is 181. The molecule has 1 saturated carbocycles. The van der Waals surface area contributed by atoms with Gasteiger partial charge in [-0.15, -0.1) is 0 Å². The first-order chi connectivity index (χ1) is 16.6. The minimum Gasteiger partial charge on any atom is -0.361 e. The van der Waals surface area contributed by atoms with Crippen LogP contribution in [0.15, 0.2) is 35.2 Å². The molecule has 100 valence electrons. The first-order valence-corrected chi connectivity index (χ1v) is 6.22. The minimum atomic E-state index is -8.31. The van der Waals surface area contributed by atoms with Crippen molar-refractivity contribution in [3.8, 4) is 0 Å². The van der Waals surface area contributed by atoms with Crippen LogP contribution in [0.25, 0.3) is 0 Å². The molecule has 1 N–H and O–H groups in total. The molecule has 3 atom stereocenters. The summed E-state index contributed by atoms with van der Waals surface area (Å²) in [5.41, 5.74) is -4.44. The molecule has 0 aromatic heterocycles. The van der Waals surface area contributed by atoms with Crippen molar-refractivity contribution >= 4 is 11.4 Å². The minimum absolute atomic E-state index is 0.576. The molecule has 4 rings (SSSR count). The number of hydrogen-bond acceptors (Lipinski definition) is 1. The molecule has 4 aliphatic rings. The Balaban J connectivity index is 2.41. The van der Waals surface area contributed by atoms with Gasteiger partial charge in [-0.05, 0) is 55.8 Å². The van der Waals surface area contributed by atoms with Crippen molar-refractivity contribution in [2.45, 2.75) is 55.1 Å². The van der Waals surface area contributed by atoms with Gasteiger partial charge < -0.3 is 5.32 Å². The van der Waals surface area contributed by atoms with Gasteiger partial charge in [-0.3, -0.25) is 11.4 Å². The Morgan fingerprint density at radius 3 is 3.33 bits per heavy atom. The second-order valence-corrected chi connectivity index (χ2v) is 4.86. The van der Waals surface area contributed by atoms with Crippen molar-refractivity contribution in [3.05, 3.63) is 35.2 Å². The predicted octanol–water partition coefficient (Wildman–Crippen LogP) is 3.07. The zero-order chi connectivity index (χ0) is 31.0. The number of rotatable bonds is 0. The Morgan fingerprint density at radius 1 is 1.33 bits per heavy atom. The molecule has 0 aromatic rings. The van der Waals surface area contributed by atoms with E-state index in [2.05, 4.69) is 5.32 Å². The van der Waals surface area contributed by atoms with Crippen molar-refractivity contribution in [1.82, 2.24) is 5.32 Å². The molecule has 1 aliphatic heterocycles. The van der Waals surface area contributed by atoms with E-state index in [1.54, 1.807) is 0 Å². The van der Waals surface area contributed by atoms with E-state index in [-0.39, 0.29) is 0 Å². The normalized spacial score (nSPS) is 99.6. The average Bonchev–Trinajstić information content (AvgIpc) is 2.70. The van der Waals surface area contributed by atoms with Crippen LogP contribution in [0.3, 0.4) is 0 Å². The third-order valence-electron chi connectivity index (χ3n) is 2.75. The molecule has 1 nitrogen and oxygen atoms in total. The van der Waals surface area contributed by atoms with E-state index in [4.69, 9.17) is 27.8 Å². The van der Waals surface area contributed by atoms with Crippen molar-refractivity contribution < 1.29 is 23.3 Å². The fourth-order valence-corrected chi connectivity index (χ4v) is 2.84. The molecule has 0 amide bonds. The van der Waals surface area contributed by atoms with E-state index in [9.17, 15) is 0 Å². The van der Waals surface area contributed by atoms with Gasteiger partial charge in [0.05, 0.1) is 4.50 Å². The summed E-state index contributed by atoms with van der Waals surface area (Å²) in [4.78, 5) is 0. The van der Waals surface area contributed by atoms with Crippen LogP contribution in [0, 0.1) is 5.89 Å². The zero-order valence-corrected chi connectivity index (χ0v) is 9.96. The Labute approximate surface area is 142 Å². The fraction of sp³-hybridized carbons (Fsp3) is 0.625. The van der Waals surface area contributed by atoms with E-state index >= 15 is 0 Å². The number of fused-ring (bicyclic) bond motifs is 3. The Bertz CT molecular complexity index is 1300. The van der Waals surface area contributed by atoms with Gasteiger partial charge in [0.15, 0.2) is 0 Å². The largest absolute Gasteiger partial charge is 0.361 e.